The molecule has 0 spiro atoms. The van der Waals surface area contributed by atoms with Gasteiger partial charge in [-0.3, -0.25) is 0 Å². The van der Waals surface area contributed by atoms with Gasteiger partial charge in [0.25, 0.3) is 0 Å². The van der Waals surface area contributed by atoms with Crippen molar-refractivity contribution in [3.63, 3.8) is 0 Å². The van der Waals surface area contributed by atoms with E-state index in [1.165, 1.54) is 23.5 Å². The zero-order valence-corrected chi connectivity index (χ0v) is 11.4. The quantitative estimate of drug-likeness (QED) is 0.757. The van der Waals surface area contributed by atoms with Crippen molar-refractivity contribution in [3.05, 3.63) is 47.0 Å². The summed E-state index contributed by atoms with van der Waals surface area (Å²) in [5.74, 6) is -1.49. The first-order chi connectivity index (χ1) is 10.1. The Labute approximate surface area is 123 Å². The third-order valence-corrected chi connectivity index (χ3v) is 3.98. The third kappa shape index (κ3) is 2.20. The number of thiazole rings is 1. The van der Waals surface area contributed by atoms with Crippen molar-refractivity contribution >= 4 is 27.5 Å². The molecule has 1 heterocycles. The Balaban J connectivity index is 2.25. The van der Waals surface area contributed by atoms with E-state index in [4.69, 9.17) is 10.4 Å². The van der Waals surface area contributed by atoms with Crippen molar-refractivity contribution in [2.75, 3.05) is 0 Å². The Hall–Kier alpha value is -2.91. The number of nitrogens with zero attached hydrogens (tertiary/aromatic N) is 2. The first-order valence-electron chi connectivity index (χ1n) is 5.94. The molecule has 21 heavy (non-hydrogen) atoms. The molecular formula is C15H8N2O3S. The van der Waals surface area contributed by atoms with Gasteiger partial charge < -0.3 is 10.2 Å². The summed E-state index contributed by atoms with van der Waals surface area (Å²) in [6.45, 7) is 0. The number of aromatic hydroxyl groups is 1. The fourth-order valence-corrected chi connectivity index (χ4v) is 2.94. The van der Waals surface area contributed by atoms with E-state index in [0.717, 1.165) is 10.3 Å². The predicted molar refractivity (Wildman–Crippen MR) is 78.4 cm³/mol. The van der Waals surface area contributed by atoms with Crippen LogP contribution >= 0.6 is 11.3 Å². The van der Waals surface area contributed by atoms with E-state index in [-0.39, 0.29) is 11.3 Å². The number of rotatable bonds is 2. The lowest BCUT2D eigenvalue weighted by Crippen LogP contribution is -1.96. The Kier molecular flexibility index (Phi) is 3.05. The molecule has 0 aliphatic heterocycles. The largest absolute Gasteiger partial charge is 0.507 e. The predicted octanol–water partition coefficient (Wildman–Crippen LogP) is 3.24. The lowest BCUT2D eigenvalue weighted by atomic mass is 10.0. The van der Waals surface area contributed by atoms with Gasteiger partial charge in [0.1, 0.15) is 11.3 Å². The van der Waals surface area contributed by atoms with Gasteiger partial charge >= 0.3 is 5.97 Å². The van der Waals surface area contributed by atoms with Gasteiger partial charge in [-0.2, -0.15) is 5.26 Å². The minimum absolute atomic E-state index is 0.157. The molecule has 102 valence electrons. The fraction of sp³-hybridized carbons (Fsp3) is 0. The van der Waals surface area contributed by atoms with Gasteiger partial charge in [-0.05, 0) is 29.8 Å². The standard InChI is InChI=1S/C15H8N2O3S/c16-6-8-3-11(14-12(4-8)17-7-21-14)9-1-2-10(15(19)20)13(18)5-9/h1-5,7,18H,(H,19,20). The maximum absolute atomic E-state index is 10.9. The molecule has 5 nitrogen and oxygen atoms in total. The normalized spacial score (nSPS) is 10.4. The van der Waals surface area contributed by atoms with Crippen LogP contribution in [0.4, 0.5) is 0 Å². The number of aromatic carboxylic acids is 1. The average Bonchev–Trinajstić information content (AvgIpc) is 2.93. The molecule has 2 aromatic carbocycles. The number of hydrogen-bond donors (Lipinski definition) is 2. The molecular weight excluding hydrogens is 288 g/mol. The van der Waals surface area contributed by atoms with Gasteiger partial charge in [0, 0.05) is 5.56 Å². The summed E-state index contributed by atoms with van der Waals surface area (Å²) in [6.07, 6.45) is 0. The molecule has 0 aliphatic rings. The molecule has 0 unspecified atom stereocenters. The molecule has 0 radical (unpaired) electrons. The summed E-state index contributed by atoms with van der Waals surface area (Å²) in [6, 6.07) is 9.81. The molecule has 0 aliphatic carbocycles. The van der Waals surface area contributed by atoms with Crippen LogP contribution in [0.2, 0.25) is 0 Å². The number of benzene rings is 2. The van der Waals surface area contributed by atoms with Crippen LogP contribution in [0.3, 0.4) is 0 Å². The SMILES string of the molecule is N#Cc1cc(-c2ccc(C(=O)O)c(O)c2)c2scnc2c1. The monoisotopic (exact) mass is 296 g/mol. The molecule has 0 saturated heterocycles. The van der Waals surface area contributed by atoms with E-state index < -0.39 is 5.97 Å². The summed E-state index contributed by atoms with van der Waals surface area (Å²) < 4.78 is 0.886. The molecule has 0 fully saturated rings. The fourth-order valence-electron chi connectivity index (χ4n) is 2.13. The summed E-state index contributed by atoms with van der Waals surface area (Å²) >= 11 is 1.43. The smallest absolute Gasteiger partial charge is 0.339 e. The van der Waals surface area contributed by atoms with Crippen LogP contribution in [0.1, 0.15) is 15.9 Å². The van der Waals surface area contributed by atoms with Crippen LogP contribution in [0.25, 0.3) is 21.3 Å². The number of carboxylic acids is 1. The van der Waals surface area contributed by atoms with E-state index in [9.17, 15) is 9.90 Å². The van der Waals surface area contributed by atoms with Crippen molar-refractivity contribution in [3.8, 4) is 22.9 Å². The van der Waals surface area contributed by atoms with Gasteiger partial charge in [0.05, 0.1) is 27.4 Å². The van der Waals surface area contributed by atoms with E-state index in [2.05, 4.69) is 11.1 Å². The molecule has 1 aromatic heterocycles. The first-order valence-corrected chi connectivity index (χ1v) is 6.82. The Morgan fingerprint density at radius 1 is 1.29 bits per heavy atom. The third-order valence-electron chi connectivity index (χ3n) is 3.10. The molecule has 3 rings (SSSR count). The molecule has 2 N–H and O–H groups in total. The van der Waals surface area contributed by atoms with Crippen LogP contribution in [-0.2, 0) is 0 Å². The minimum atomic E-state index is -1.19. The molecule has 0 amide bonds. The Morgan fingerprint density at radius 3 is 2.76 bits per heavy atom. The highest BCUT2D eigenvalue weighted by atomic mass is 32.1. The zero-order chi connectivity index (χ0) is 15.0. The lowest BCUT2D eigenvalue weighted by molar-refractivity contribution is 0.0694. The minimum Gasteiger partial charge on any atom is -0.507 e. The van der Waals surface area contributed by atoms with E-state index in [1.54, 1.807) is 23.7 Å². The van der Waals surface area contributed by atoms with Gasteiger partial charge in [-0.15, -0.1) is 11.3 Å². The van der Waals surface area contributed by atoms with Crippen LogP contribution in [0.5, 0.6) is 5.75 Å². The summed E-state index contributed by atoms with van der Waals surface area (Å²) in [4.78, 5) is 15.1. The maximum atomic E-state index is 10.9. The van der Waals surface area contributed by atoms with Crippen molar-refractivity contribution < 1.29 is 15.0 Å². The van der Waals surface area contributed by atoms with Gasteiger partial charge in [0.2, 0.25) is 0 Å². The molecule has 0 saturated carbocycles. The second kappa shape index (κ2) is 4.89. The summed E-state index contributed by atoms with van der Waals surface area (Å²) in [5, 5.41) is 27.8. The maximum Gasteiger partial charge on any atom is 0.339 e. The van der Waals surface area contributed by atoms with E-state index in [0.29, 0.717) is 16.6 Å². The number of hydrogen-bond acceptors (Lipinski definition) is 5. The highest BCUT2D eigenvalue weighted by molar-refractivity contribution is 7.17. The zero-order valence-electron chi connectivity index (χ0n) is 10.6. The second-order valence-electron chi connectivity index (χ2n) is 4.37. The highest BCUT2D eigenvalue weighted by Gasteiger charge is 2.13. The van der Waals surface area contributed by atoms with Crippen molar-refractivity contribution in [1.82, 2.24) is 4.98 Å². The van der Waals surface area contributed by atoms with Crippen molar-refractivity contribution in [2.24, 2.45) is 0 Å². The van der Waals surface area contributed by atoms with Crippen molar-refractivity contribution in [2.45, 2.75) is 0 Å². The van der Waals surface area contributed by atoms with Gasteiger partial charge in [0.15, 0.2) is 0 Å². The molecule has 3 aromatic rings. The van der Waals surface area contributed by atoms with Crippen LogP contribution in [0, 0.1) is 11.3 Å². The Morgan fingerprint density at radius 2 is 2.10 bits per heavy atom. The topological polar surface area (TPSA) is 94.2 Å². The average molecular weight is 296 g/mol. The summed E-state index contributed by atoms with van der Waals surface area (Å²) in [7, 11) is 0. The van der Waals surface area contributed by atoms with Crippen molar-refractivity contribution in [1.29, 1.82) is 5.26 Å². The highest BCUT2D eigenvalue weighted by Crippen LogP contribution is 2.34. The number of carboxylic acid groups (broad SMARTS) is 1. The molecule has 6 heteroatoms. The second-order valence-corrected chi connectivity index (χ2v) is 5.23. The number of carbonyl (C=O) groups is 1. The van der Waals surface area contributed by atoms with Crippen LogP contribution in [0.15, 0.2) is 35.8 Å². The molecule has 0 bridgehead atoms. The van der Waals surface area contributed by atoms with E-state index in [1.807, 2.05) is 0 Å². The van der Waals surface area contributed by atoms with Gasteiger partial charge in [-0.25, -0.2) is 9.78 Å². The number of aromatic nitrogens is 1. The number of nitriles is 1. The Bertz CT molecular complexity index is 909. The number of fused-ring (bicyclic) bond motifs is 1. The first kappa shape index (κ1) is 13.1. The van der Waals surface area contributed by atoms with Gasteiger partial charge in [-0.1, -0.05) is 6.07 Å². The summed E-state index contributed by atoms with van der Waals surface area (Å²) in [5.41, 5.74) is 4.08. The van der Waals surface area contributed by atoms with E-state index >= 15 is 0 Å². The lowest BCUT2D eigenvalue weighted by Gasteiger charge is -2.06. The molecule has 0 atom stereocenters. The number of phenols is 1. The van der Waals surface area contributed by atoms with Crippen LogP contribution < -0.4 is 0 Å². The van der Waals surface area contributed by atoms with Crippen LogP contribution in [-0.4, -0.2) is 21.2 Å².